The van der Waals surface area contributed by atoms with Crippen LogP contribution in [0.5, 0.6) is 17.2 Å². The molecule has 0 aliphatic heterocycles. The summed E-state index contributed by atoms with van der Waals surface area (Å²) >= 11 is 0. The van der Waals surface area contributed by atoms with Gasteiger partial charge in [-0.1, -0.05) is 0 Å². The Bertz CT molecular complexity index is 1120. The second kappa shape index (κ2) is 9.22. The van der Waals surface area contributed by atoms with Crippen molar-refractivity contribution in [3.63, 3.8) is 0 Å². The molecule has 3 rings (SSSR count). The Hall–Kier alpha value is -3.03. The first-order valence-electron chi connectivity index (χ1n) is 8.74. The van der Waals surface area contributed by atoms with Crippen molar-refractivity contribution in [2.24, 2.45) is 0 Å². The van der Waals surface area contributed by atoms with Gasteiger partial charge in [-0.05, 0) is 12.1 Å². The van der Waals surface area contributed by atoms with E-state index < -0.39 is 36.4 Å². The maximum atomic E-state index is 12.8. The molecular formula is C18H15F6N3O4S. The molecule has 0 fully saturated rings. The van der Waals surface area contributed by atoms with Crippen LogP contribution in [0.25, 0.3) is 11.0 Å². The third-order valence-corrected chi connectivity index (χ3v) is 5.02. The van der Waals surface area contributed by atoms with E-state index in [2.05, 4.69) is 19.7 Å². The van der Waals surface area contributed by atoms with Gasteiger partial charge in [0.2, 0.25) is 0 Å². The number of pyridine rings is 1. The number of ether oxygens (including phenoxy) is 3. The number of hydrogen-bond donors (Lipinski definition) is 1. The summed E-state index contributed by atoms with van der Waals surface area (Å²) in [6, 6.07) is 5.20. The Balaban J connectivity index is 1.81. The molecule has 1 atom stereocenters. The molecule has 3 aromatic rings. The third-order valence-electron chi connectivity index (χ3n) is 3.86. The number of rotatable bonds is 8. The summed E-state index contributed by atoms with van der Waals surface area (Å²) < 4.78 is 102. The molecule has 0 aliphatic rings. The number of aromatic nitrogens is 3. The highest BCUT2D eigenvalue weighted by molar-refractivity contribution is 7.84. The third kappa shape index (κ3) is 6.24. The van der Waals surface area contributed by atoms with Crippen LogP contribution < -0.4 is 14.2 Å². The smallest absolute Gasteiger partial charge is 0.422 e. The molecule has 0 spiro atoms. The van der Waals surface area contributed by atoms with Gasteiger partial charge in [-0.3, -0.25) is 9.19 Å². The minimum atomic E-state index is -4.61. The molecule has 1 unspecified atom stereocenters. The zero-order valence-corrected chi connectivity index (χ0v) is 17.0. The number of aromatic amines is 1. The number of benzene rings is 1. The first kappa shape index (κ1) is 23.6. The largest absolute Gasteiger partial charge is 0.493 e. The van der Waals surface area contributed by atoms with Crippen LogP contribution >= 0.6 is 0 Å². The Kier molecular flexibility index (Phi) is 6.81. The SMILES string of the molecule is COc1ccnc(CS(=O)c2nc3ccc(OCC(F)(F)F)cc3[nH]2)c1OCC(F)(F)F. The van der Waals surface area contributed by atoms with Crippen LogP contribution in [-0.4, -0.2) is 51.8 Å². The lowest BCUT2D eigenvalue weighted by Crippen LogP contribution is -2.20. The van der Waals surface area contributed by atoms with Crippen LogP contribution in [0.1, 0.15) is 5.69 Å². The van der Waals surface area contributed by atoms with Crippen LogP contribution in [0, 0.1) is 0 Å². The first-order valence-corrected chi connectivity index (χ1v) is 10.1. The van der Waals surface area contributed by atoms with Gasteiger partial charge >= 0.3 is 12.4 Å². The molecule has 14 heteroatoms. The zero-order chi connectivity index (χ0) is 23.5. The van der Waals surface area contributed by atoms with E-state index in [0.29, 0.717) is 5.52 Å². The van der Waals surface area contributed by atoms with Crippen LogP contribution in [0.4, 0.5) is 26.3 Å². The second-order valence-electron chi connectivity index (χ2n) is 6.31. The first-order chi connectivity index (χ1) is 14.9. The fraction of sp³-hybridized carbons (Fsp3) is 0.333. The van der Waals surface area contributed by atoms with Crippen LogP contribution in [0.3, 0.4) is 0 Å². The van der Waals surface area contributed by atoms with Crippen LogP contribution in [0.15, 0.2) is 35.6 Å². The average molecular weight is 483 g/mol. The number of halogens is 6. The molecule has 2 aromatic heterocycles. The van der Waals surface area contributed by atoms with Gasteiger partial charge in [0, 0.05) is 18.3 Å². The van der Waals surface area contributed by atoms with E-state index in [1.165, 1.54) is 37.6 Å². The highest BCUT2D eigenvalue weighted by Gasteiger charge is 2.30. The minimum absolute atomic E-state index is 0.0210. The molecule has 7 nitrogen and oxygen atoms in total. The fourth-order valence-corrected chi connectivity index (χ4v) is 3.58. The monoisotopic (exact) mass is 483 g/mol. The Morgan fingerprint density at radius 3 is 2.38 bits per heavy atom. The Morgan fingerprint density at radius 1 is 1.03 bits per heavy atom. The second-order valence-corrected chi connectivity index (χ2v) is 7.67. The number of nitrogens with one attached hydrogen (secondary N) is 1. The number of fused-ring (bicyclic) bond motifs is 1. The predicted octanol–water partition coefficient (Wildman–Crippen LogP) is 4.16. The highest BCUT2D eigenvalue weighted by atomic mass is 32.2. The van der Waals surface area contributed by atoms with E-state index >= 15 is 0 Å². The van der Waals surface area contributed by atoms with Gasteiger partial charge < -0.3 is 19.2 Å². The molecule has 0 saturated carbocycles. The lowest BCUT2D eigenvalue weighted by atomic mass is 10.3. The van der Waals surface area contributed by atoms with Gasteiger partial charge in [0.05, 0.1) is 40.4 Å². The highest BCUT2D eigenvalue weighted by Crippen LogP contribution is 2.32. The van der Waals surface area contributed by atoms with Crippen molar-refractivity contribution in [1.82, 2.24) is 15.0 Å². The predicted molar refractivity (Wildman–Crippen MR) is 100 cm³/mol. The summed E-state index contributed by atoms with van der Waals surface area (Å²) in [6.45, 7) is -3.08. The van der Waals surface area contributed by atoms with E-state index in [-0.39, 0.29) is 39.4 Å². The number of methoxy groups -OCH3 is 1. The van der Waals surface area contributed by atoms with Gasteiger partial charge in [0.1, 0.15) is 5.75 Å². The summed E-state index contributed by atoms with van der Waals surface area (Å²) in [5.74, 6) is -0.762. The van der Waals surface area contributed by atoms with Gasteiger partial charge in [-0.15, -0.1) is 0 Å². The normalized spacial score (nSPS) is 13.2. The number of alkyl halides is 6. The van der Waals surface area contributed by atoms with E-state index in [4.69, 9.17) is 9.47 Å². The molecule has 0 aliphatic carbocycles. The standard InChI is InChI=1S/C18H15F6N3O4S/c1-29-14-4-5-25-13(15(14)31-9-18(22,23)24)7-32(28)16-26-11-3-2-10(6-12(11)27-16)30-8-17(19,20)21/h2-6H,7-9H2,1H3,(H,26,27). The molecule has 1 N–H and O–H groups in total. The molecule has 0 bridgehead atoms. The summed E-state index contributed by atoms with van der Waals surface area (Å²) in [5, 5.41) is -0.0561. The Labute approximate surface area is 179 Å². The topological polar surface area (TPSA) is 86.3 Å². The average Bonchev–Trinajstić information content (AvgIpc) is 3.13. The lowest BCUT2D eigenvalue weighted by molar-refractivity contribution is -0.154. The molecule has 0 amide bonds. The van der Waals surface area contributed by atoms with Crippen molar-refractivity contribution >= 4 is 21.8 Å². The lowest BCUT2D eigenvalue weighted by Gasteiger charge is -2.15. The number of imidazole rings is 1. The van der Waals surface area contributed by atoms with E-state index in [9.17, 15) is 30.6 Å². The maximum Gasteiger partial charge on any atom is 0.422 e. The summed E-state index contributed by atoms with van der Waals surface area (Å²) in [5.41, 5.74) is 0.515. The summed E-state index contributed by atoms with van der Waals surface area (Å²) in [6.07, 6.45) is -7.86. The van der Waals surface area contributed by atoms with E-state index in [0.717, 1.165) is 0 Å². The zero-order valence-electron chi connectivity index (χ0n) is 16.2. The van der Waals surface area contributed by atoms with Gasteiger partial charge in [-0.2, -0.15) is 26.3 Å². The molecule has 2 heterocycles. The van der Waals surface area contributed by atoms with Crippen molar-refractivity contribution in [2.45, 2.75) is 23.3 Å². The van der Waals surface area contributed by atoms with E-state index in [1.54, 1.807) is 0 Å². The maximum absolute atomic E-state index is 12.8. The fourth-order valence-electron chi connectivity index (χ4n) is 2.56. The molecule has 1 aromatic carbocycles. The Morgan fingerprint density at radius 2 is 1.72 bits per heavy atom. The number of hydrogen-bond acceptors (Lipinski definition) is 6. The van der Waals surface area contributed by atoms with Crippen molar-refractivity contribution < 1.29 is 44.8 Å². The van der Waals surface area contributed by atoms with Crippen molar-refractivity contribution in [3.8, 4) is 17.2 Å². The van der Waals surface area contributed by atoms with E-state index in [1.807, 2.05) is 0 Å². The number of H-pyrrole nitrogens is 1. The van der Waals surface area contributed by atoms with Crippen molar-refractivity contribution in [3.05, 3.63) is 36.2 Å². The molecule has 0 radical (unpaired) electrons. The number of nitrogens with zero attached hydrogens (tertiary/aromatic N) is 2. The van der Waals surface area contributed by atoms with Gasteiger partial charge in [-0.25, -0.2) is 4.98 Å². The summed E-state index contributed by atoms with van der Waals surface area (Å²) in [4.78, 5) is 10.7. The molecule has 32 heavy (non-hydrogen) atoms. The summed E-state index contributed by atoms with van der Waals surface area (Å²) in [7, 11) is -0.673. The van der Waals surface area contributed by atoms with Crippen molar-refractivity contribution in [2.75, 3.05) is 20.3 Å². The minimum Gasteiger partial charge on any atom is -0.493 e. The molecular weight excluding hydrogens is 468 g/mol. The van der Waals surface area contributed by atoms with Gasteiger partial charge in [0.25, 0.3) is 0 Å². The molecule has 174 valence electrons. The van der Waals surface area contributed by atoms with Gasteiger partial charge in [0.15, 0.2) is 29.9 Å². The van der Waals surface area contributed by atoms with Crippen LogP contribution in [-0.2, 0) is 16.6 Å². The quantitative estimate of drug-likeness (QED) is 0.485. The van der Waals surface area contributed by atoms with Crippen LogP contribution in [0.2, 0.25) is 0 Å². The van der Waals surface area contributed by atoms with Crippen molar-refractivity contribution in [1.29, 1.82) is 0 Å². The molecule has 0 saturated heterocycles.